The molecule has 1 aromatic heterocycles. The summed E-state index contributed by atoms with van der Waals surface area (Å²) in [7, 11) is 1.58. The van der Waals surface area contributed by atoms with Crippen LogP contribution in [0.1, 0.15) is 40.9 Å². The third-order valence-electron chi connectivity index (χ3n) is 5.96. The Hall–Kier alpha value is -3.20. The summed E-state index contributed by atoms with van der Waals surface area (Å²) < 4.78 is 5.26. The Balaban J connectivity index is 1.56. The van der Waals surface area contributed by atoms with Crippen molar-refractivity contribution >= 4 is 35.0 Å². The minimum Gasteiger partial charge on any atom is -0.497 e. The Kier molecular flexibility index (Phi) is 7.54. The van der Waals surface area contributed by atoms with E-state index in [1.807, 2.05) is 37.3 Å². The number of nitrogens with zero attached hydrogens (tertiary/aromatic N) is 3. The van der Waals surface area contributed by atoms with Crippen molar-refractivity contribution in [2.75, 3.05) is 13.7 Å². The molecule has 0 radical (unpaired) electrons. The number of halogens is 2. The number of nitrogens with one attached hydrogen (secondary N) is 1. The van der Waals surface area contributed by atoms with Gasteiger partial charge in [-0.25, -0.2) is 9.97 Å². The minimum atomic E-state index is -0.839. The van der Waals surface area contributed by atoms with Gasteiger partial charge in [0.2, 0.25) is 11.2 Å². The second kappa shape index (κ2) is 10.6. The number of methoxy groups -OCH3 is 1. The number of fused-ring (bicyclic) bond motifs is 1. The van der Waals surface area contributed by atoms with Crippen LogP contribution in [-0.4, -0.2) is 51.5 Å². The second-order valence-corrected chi connectivity index (χ2v) is 8.92. The van der Waals surface area contributed by atoms with Crippen molar-refractivity contribution in [3.8, 4) is 17.0 Å². The van der Waals surface area contributed by atoms with Gasteiger partial charge >= 0.3 is 0 Å². The molecule has 0 bridgehead atoms. The summed E-state index contributed by atoms with van der Waals surface area (Å²) in [5, 5.41) is 13.0. The molecule has 2 aromatic carbocycles. The van der Waals surface area contributed by atoms with Gasteiger partial charge in [0.25, 0.3) is 5.91 Å². The number of hydrogen-bond donors (Lipinski definition) is 2. The molecular formula is C25H24Cl2N4O4. The van der Waals surface area contributed by atoms with Crippen LogP contribution in [0.5, 0.6) is 5.75 Å². The van der Waals surface area contributed by atoms with Crippen molar-refractivity contribution < 1.29 is 19.4 Å². The van der Waals surface area contributed by atoms with Crippen LogP contribution in [0.25, 0.3) is 11.3 Å². The largest absolute Gasteiger partial charge is 0.497 e. The summed E-state index contributed by atoms with van der Waals surface area (Å²) in [6.07, 6.45) is 1.51. The quantitative estimate of drug-likeness (QED) is 0.439. The molecule has 0 spiro atoms. The van der Waals surface area contributed by atoms with Crippen molar-refractivity contribution in [2.45, 2.75) is 32.0 Å². The first-order valence-corrected chi connectivity index (χ1v) is 11.8. The van der Waals surface area contributed by atoms with Gasteiger partial charge in [-0.15, -0.1) is 0 Å². The van der Waals surface area contributed by atoms with Crippen molar-refractivity contribution in [1.29, 1.82) is 0 Å². The average molecular weight is 515 g/mol. The molecule has 2 amide bonds. The van der Waals surface area contributed by atoms with Crippen molar-refractivity contribution in [1.82, 2.24) is 20.2 Å². The predicted molar refractivity (Wildman–Crippen MR) is 132 cm³/mol. The van der Waals surface area contributed by atoms with Crippen LogP contribution >= 0.6 is 23.2 Å². The maximum Gasteiger partial charge on any atom is 0.255 e. The van der Waals surface area contributed by atoms with Crippen molar-refractivity contribution in [3.63, 3.8) is 0 Å². The van der Waals surface area contributed by atoms with Crippen LogP contribution in [0, 0.1) is 0 Å². The van der Waals surface area contributed by atoms with Crippen LogP contribution in [0.4, 0.5) is 0 Å². The first-order chi connectivity index (χ1) is 16.8. The van der Waals surface area contributed by atoms with E-state index in [2.05, 4.69) is 15.3 Å². The Morgan fingerprint density at radius 3 is 2.80 bits per heavy atom. The number of rotatable bonds is 8. The van der Waals surface area contributed by atoms with Gasteiger partial charge in [-0.1, -0.05) is 35.9 Å². The van der Waals surface area contributed by atoms with Gasteiger partial charge in [-0.3, -0.25) is 9.59 Å². The number of hydrogen-bond acceptors (Lipinski definition) is 6. The first-order valence-electron chi connectivity index (χ1n) is 11.0. The smallest absolute Gasteiger partial charge is 0.255 e. The first kappa shape index (κ1) is 24.9. The fourth-order valence-corrected chi connectivity index (χ4v) is 4.46. The molecule has 2 heterocycles. The molecule has 2 atom stereocenters. The van der Waals surface area contributed by atoms with E-state index in [1.165, 1.54) is 11.1 Å². The van der Waals surface area contributed by atoms with E-state index in [-0.39, 0.29) is 42.7 Å². The van der Waals surface area contributed by atoms with Crippen LogP contribution in [-0.2, 0) is 11.3 Å². The van der Waals surface area contributed by atoms with E-state index in [0.717, 1.165) is 11.1 Å². The van der Waals surface area contributed by atoms with Gasteiger partial charge in [0.1, 0.15) is 11.8 Å². The normalized spacial score (nSPS) is 14.4. The van der Waals surface area contributed by atoms with Crippen LogP contribution in [0.3, 0.4) is 0 Å². The lowest BCUT2D eigenvalue weighted by Crippen LogP contribution is -2.48. The zero-order valence-electron chi connectivity index (χ0n) is 19.2. The fourth-order valence-electron chi connectivity index (χ4n) is 4.13. The molecule has 10 heteroatoms. The Morgan fingerprint density at radius 2 is 2.06 bits per heavy atom. The van der Waals surface area contributed by atoms with Gasteiger partial charge in [0.05, 0.1) is 30.1 Å². The molecule has 182 valence electrons. The summed E-state index contributed by atoms with van der Waals surface area (Å²) in [6, 6.07) is 11.5. The van der Waals surface area contributed by atoms with E-state index in [0.29, 0.717) is 27.6 Å². The Bertz CT molecular complexity index is 1270. The van der Waals surface area contributed by atoms with Crippen LogP contribution in [0.15, 0.2) is 48.7 Å². The lowest BCUT2D eigenvalue weighted by Gasteiger charge is -2.28. The van der Waals surface area contributed by atoms with Crippen molar-refractivity contribution in [2.24, 2.45) is 0 Å². The van der Waals surface area contributed by atoms with E-state index in [9.17, 15) is 14.7 Å². The highest BCUT2D eigenvalue weighted by atomic mass is 35.5. The maximum atomic E-state index is 13.3. The molecule has 35 heavy (non-hydrogen) atoms. The number of amides is 2. The molecule has 0 saturated heterocycles. The predicted octanol–water partition coefficient (Wildman–Crippen LogP) is 4.04. The number of ether oxygens (including phenoxy) is 1. The SMILES string of the molecule is COc1cccc([C@@H](C)NC(=O)C(CCO)N2Cc3ccc(-c4nc(Cl)ncc4Cl)cc3C2=O)c1. The Labute approximate surface area is 212 Å². The third-order valence-corrected chi connectivity index (χ3v) is 6.42. The molecule has 1 aliphatic rings. The lowest BCUT2D eigenvalue weighted by atomic mass is 10.0. The molecule has 1 aliphatic heterocycles. The molecule has 8 nitrogen and oxygen atoms in total. The van der Waals surface area contributed by atoms with Gasteiger partial charge in [0.15, 0.2) is 0 Å². The summed E-state index contributed by atoms with van der Waals surface area (Å²) in [6.45, 7) is 1.86. The number of benzene rings is 2. The van der Waals surface area contributed by atoms with Crippen LogP contribution < -0.4 is 10.1 Å². The van der Waals surface area contributed by atoms with Gasteiger partial charge < -0.3 is 20.1 Å². The standard InChI is InChI=1S/C25H24Cl2N4O4/c1-14(15-4-3-5-18(10-15)35-2)29-23(33)21(8-9-32)31-13-17-7-6-16(11-19(17)24(31)34)22-20(26)12-28-25(27)30-22/h3-7,10-12,14,21,32H,8-9,13H2,1-2H3,(H,29,33)/t14-,21?/m1/s1. The number of aliphatic hydroxyl groups is 1. The molecule has 0 saturated carbocycles. The highest BCUT2D eigenvalue weighted by Crippen LogP contribution is 2.32. The monoisotopic (exact) mass is 514 g/mol. The van der Waals surface area contributed by atoms with Gasteiger partial charge in [-0.2, -0.15) is 0 Å². The van der Waals surface area contributed by atoms with Crippen LogP contribution in [0.2, 0.25) is 10.3 Å². The summed E-state index contributed by atoms with van der Waals surface area (Å²) in [5.74, 6) is 0.0312. The van der Waals surface area contributed by atoms with Crippen molar-refractivity contribution in [3.05, 3.63) is 75.7 Å². The van der Waals surface area contributed by atoms with E-state index >= 15 is 0 Å². The maximum absolute atomic E-state index is 13.3. The number of aliphatic hydroxyl groups excluding tert-OH is 1. The van der Waals surface area contributed by atoms with E-state index < -0.39 is 6.04 Å². The molecule has 0 aliphatic carbocycles. The highest BCUT2D eigenvalue weighted by molar-refractivity contribution is 6.33. The molecule has 3 aromatic rings. The fraction of sp³-hybridized carbons (Fsp3) is 0.280. The summed E-state index contributed by atoms with van der Waals surface area (Å²) >= 11 is 12.1. The van der Waals surface area contributed by atoms with E-state index in [4.69, 9.17) is 27.9 Å². The summed E-state index contributed by atoms with van der Waals surface area (Å²) in [4.78, 5) is 36.1. The topological polar surface area (TPSA) is 105 Å². The van der Waals surface area contributed by atoms with Gasteiger partial charge in [-0.05, 0) is 54.3 Å². The van der Waals surface area contributed by atoms with E-state index in [1.54, 1.807) is 19.2 Å². The molecule has 0 fully saturated rings. The number of carbonyl (C=O) groups is 2. The molecule has 2 N–H and O–H groups in total. The zero-order chi connectivity index (χ0) is 25.1. The summed E-state index contributed by atoms with van der Waals surface area (Å²) in [5.41, 5.74) is 3.11. The zero-order valence-corrected chi connectivity index (χ0v) is 20.7. The number of aromatic nitrogens is 2. The third kappa shape index (κ3) is 5.24. The number of carbonyl (C=O) groups excluding carboxylic acids is 2. The minimum absolute atomic E-state index is 0.0442. The lowest BCUT2D eigenvalue weighted by molar-refractivity contribution is -0.127. The highest BCUT2D eigenvalue weighted by Gasteiger charge is 2.36. The molecular weight excluding hydrogens is 491 g/mol. The van der Waals surface area contributed by atoms with Gasteiger partial charge in [0, 0.05) is 24.3 Å². The second-order valence-electron chi connectivity index (χ2n) is 8.18. The molecule has 4 rings (SSSR count). The average Bonchev–Trinajstić information content (AvgIpc) is 3.19. The molecule has 1 unspecified atom stereocenters. The Morgan fingerprint density at radius 1 is 1.26 bits per heavy atom.